The van der Waals surface area contributed by atoms with Crippen LogP contribution in [0.4, 0.5) is 4.79 Å². The number of hydrogen-bond donors (Lipinski definition) is 2. The monoisotopic (exact) mass is 411 g/mol. The first-order chi connectivity index (χ1) is 11.8. The molecule has 3 rings (SSSR count). The molecule has 1 saturated heterocycles. The molecular formula is C15H10BrNO8. The number of amides is 1. The number of carbonyl (C=O) groups excluding carboxylic acids is 3. The Morgan fingerprint density at radius 1 is 1.28 bits per heavy atom. The van der Waals surface area contributed by atoms with Gasteiger partial charge in [0.25, 0.3) is 0 Å². The summed E-state index contributed by atoms with van der Waals surface area (Å²) < 4.78 is 14.7. The summed E-state index contributed by atoms with van der Waals surface area (Å²) in [6.07, 6.45) is -1.31. The Bertz CT molecular complexity index is 950. The van der Waals surface area contributed by atoms with E-state index in [9.17, 15) is 24.3 Å². The van der Waals surface area contributed by atoms with Crippen LogP contribution in [0, 0.1) is 0 Å². The summed E-state index contributed by atoms with van der Waals surface area (Å²) in [5.41, 5.74) is -0.184. The summed E-state index contributed by atoms with van der Waals surface area (Å²) in [5, 5.41) is 12.3. The number of esters is 2. The van der Waals surface area contributed by atoms with E-state index in [0.29, 0.717) is 15.4 Å². The molecule has 1 aliphatic heterocycles. The predicted octanol–water partition coefficient (Wildman–Crippen LogP) is 1.33. The van der Waals surface area contributed by atoms with Gasteiger partial charge < -0.3 is 24.3 Å². The van der Waals surface area contributed by atoms with Gasteiger partial charge in [-0.15, -0.1) is 0 Å². The Labute approximate surface area is 147 Å². The molecule has 9 nitrogen and oxygen atoms in total. The molecule has 1 fully saturated rings. The van der Waals surface area contributed by atoms with Crippen LogP contribution in [0.3, 0.4) is 0 Å². The molecule has 0 saturated carbocycles. The van der Waals surface area contributed by atoms with Gasteiger partial charge in [0, 0.05) is 23.1 Å². The van der Waals surface area contributed by atoms with Gasteiger partial charge in [-0.1, -0.05) is 0 Å². The number of aromatic hydroxyl groups is 1. The topological polar surface area (TPSA) is 132 Å². The number of ether oxygens (including phenoxy) is 2. The number of phenolic OH excluding ortho intramolecular Hbond substituents is 1. The van der Waals surface area contributed by atoms with Crippen LogP contribution in [-0.2, 0) is 25.7 Å². The highest BCUT2D eigenvalue weighted by molar-refractivity contribution is 9.10. The Balaban J connectivity index is 1.75. The van der Waals surface area contributed by atoms with Crippen molar-refractivity contribution in [3.8, 4) is 5.75 Å². The molecule has 2 N–H and O–H groups in total. The van der Waals surface area contributed by atoms with Gasteiger partial charge in [0.05, 0.1) is 10.9 Å². The van der Waals surface area contributed by atoms with Crippen LogP contribution in [0.1, 0.15) is 12.0 Å². The molecule has 0 aliphatic carbocycles. The summed E-state index contributed by atoms with van der Waals surface area (Å²) in [4.78, 5) is 45.6. The van der Waals surface area contributed by atoms with Gasteiger partial charge in [-0.25, -0.2) is 14.4 Å². The van der Waals surface area contributed by atoms with Gasteiger partial charge in [-0.2, -0.15) is 0 Å². The van der Waals surface area contributed by atoms with Crippen molar-refractivity contribution < 1.29 is 33.4 Å². The number of nitrogens with one attached hydrogen (secondary N) is 1. The number of cyclic esters (lactones) is 2. The number of carbonyl (C=O) groups is 3. The summed E-state index contributed by atoms with van der Waals surface area (Å²) >= 11 is 3.15. The minimum absolute atomic E-state index is 0.111. The van der Waals surface area contributed by atoms with E-state index >= 15 is 0 Å². The average molecular weight is 412 g/mol. The predicted molar refractivity (Wildman–Crippen MR) is 84.7 cm³/mol. The van der Waals surface area contributed by atoms with Gasteiger partial charge in [0.15, 0.2) is 0 Å². The molecule has 1 unspecified atom stereocenters. The molecule has 1 aromatic carbocycles. The number of alkyl carbamates (subject to hydrolysis) is 1. The second-order valence-corrected chi connectivity index (χ2v) is 6.02. The molecule has 1 aliphatic rings. The van der Waals surface area contributed by atoms with Crippen LogP contribution >= 0.6 is 15.9 Å². The number of halogens is 1. The summed E-state index contributed by atoms with van der Waals surface area (Å²) in [6.45, 7) is -0.256. The normalized spacial score (nSPS) is 16.6. The Hall–Kier alpha value is -2.88. The van der Waals surface area contributed by atoms with Crippen molar-refractivity contribution >= 4 is 44.9 Å². The van der Waals surface area contributed by atoms with Crippen molar-refractivity contribution in [2.75, 3.05) is 0 Å². The standard InChI is InChI=1S/C15H10BrNO8/c16-8-2-7-6(1-13(20)24-11(7)4-10(8)18)5-23-12(19)3-9-14(21)25-15(22)17-9/h1-2,4,9,18H,3,5H2,(H,17,22). The highest BCUT2D eigenvalue weighted by Crippen LogP contribution is 2.30. The van der Waals surface area contributed by atoms with Crippen molar-refractivity contribution in [2.24, 2.45) is 0 Å². The first-order valence-electron chi connectivity index (χ1n) is 6.96. The third-order valence-corrected chi connectivity index (χ3v) is 4.06. The molecule has 10 heteroatoms. The van der Waals surface area contributed by atoms with E-state index in [2.05, 4.69) is 26.0 Å². The van der Waals surface area contributed by atoms with Gasteiger partial charge in [0.2, 0.25) is 0 Å². The van der Waals surface area contributed by atoms with Crippen LogP contribution in [0.2, 0.25) is 0 Å². The van der Waals surface area contributed by atoms with Crippen molar-refractivity contribution in [1.82, 2.24) is 5.32 Å². The molecule has 2 heterocycles. The largest absolute Gasteiger partial charge is 0.507 e. The zero-order valence-corrected chi connectivity index (χ0v) is 14.0. The Kier molecular flexibility index (Phi) is 4.45. The molecule has 2 aromatic rings. The molecule has 130 valence electrons. The molecule has 1 aromatic heterocycles. The summed E-state index contributed by atoms with van der Waals surface area (Å²) in [7, 11) is 0. The summed E-state index contributed by atoms with van der Waals surface area (Å²) in [6, 6.07) is 2.84. The van der Waals surface area contributed by atoms with Crippen LogP contribution in [0.15, 0.2) is 31.9 Å². The fourth-order valence-electron chi connectivity index (χ4n) is 2.27. The molecule has 1 amide bonds. The molecule has 0 bridgehead atoms. The Morgan fingerprint density at radius 3 is 2.72 bits per heavy atom. The third-order valence-electron chi connectivity index (χ3n) is 3.43. The van der Waals surface area contributed by atoms with Gasteiger partial charge in [-0.05, 0) is 22.0 Å². The lowest BCUT2D eigenvalue weighted by atomic mass is 10.1. The zero-order chi connectivity index (χ0) is 18.1. The van der Waals surface area contributed by atoms with Crippen molar-refractivity contribution in [3.05, 3.63) is 38.7 Å². The Morgan fingerprint density at radius 2 is 2.04 bits per heavy atom. The number of phenols is 1. The third kappa shape index (κ3) is 3.63. The van der Waals surface area contributed by atoms with E-state index in [1.165, 1.54) is 12.1 Å². The van der Waals surface area contributed by atoms with Crippen LogP contribution in [-0.4, -0.2) is 29.2 Å². The highest BCUT2D eigenvalue weighted by atomic mass is 79.9. The lowest BCUT2D eigenvalue weighted by molar-refractivity contribution is -0.148. The zero-order valence-electron chi connectivity index (χ0n) is 12.4. The van der Waals surface area contributed by atoms with Crippen LogP contribution < -0.4 is 10.9 Å². The SMILES string of the molecule is O=C(CC1NC(=O)OC1=O)OCc1cc(=O)oc2cc(O)c(Br)cc12. The average Bonchev–Trinajstić information content (AvgIpc) is 2.84. The number of rotatable bonds is 4. The molecular weight excluding hydrogens is 402 g/mol. The lowest BCUT2D eigenvalue weighted by Crippen LogP contribution is -2.31. The van der Waals surface area contributed by atoms with Crippen LogP contribution in [0.5, 0.6) is 5.75 Å². The van der Waals surface area contributed by atoms with E-state index in [1.54, 1.807) is 0 Å². The second-order valence-electron chi connectivity index (χ2n) is 5.16. The van der Waals surface area contributed by atoms with E-state index in [-0.39, 0.29) is 17.9 Å². The van der Waals surface area contributed by atoms with Crippen molar-refractivity contribution in [1.29, 1.82) is 0 Å². The smallest absolute Gasteiger partial charge is 0.415 e. The minimum atomic E-state index is -1.09. The summed E-state index contributed by atoms with van der Waals surface area (Å²) in [5.74, 6) is -1.73. The van der Waals surface area contributed by atoms with Crippen molar-refractivity contribution in [3.63, 3.8) is 0 Å². The fraction of sp³-hybridized carbons (Fsp3) is 0.200. The first kappa shape index (κ1) is 17.0. The van der Waals surface area contributed by atoms with E-state index in [0.717, 1.165) is 6.07 Å². The lowest BCUT2D eigenvalue weighted by Gasteiger charge is -2.09. The molecule has 0 spiro atoms. The van der Waals surface area contributed by atoms with Gasteiger partial charge in [-0.3, -0.25) is 4.79 Å². The van der Waals surface area contributed by atoms with E-state index < -0.39 is 36.1 Å². The molecule has 1 atom stereocenters. The number of benzene rings is 1. The second kappa shape index (κ2) is 6.55. The first-order valence-corrected chi connectivity index (χ1v) is 7.76. The maximum absolute atomic E-state index is 11.8. The quantitative estimate of drug-likeness (QED) is 0.437. The van der Waals surface area contributed by atoms with Crippen LogP contribution in [0.25, 0.3) is 11.0 Å². The molecule has 25 heavy (non-hydrogen) atoms. The number of fused-ring (bicyclic) bond motifs is 1. The van der Waals surface area contributed by atoms with E-state index in [4.69, 9.17) is 9.15 Å². The molecule has 0 radical (unpaired) electrons. The fourth-order valence-corrected chi connectivity index (χ4v) is 2.61. The maximum Gasteiger partial charge on any atom is 0.415 e. The minimum Gasteiger partial charge on any atom is -0.507 e. The van der Waals surface area contributed by atoms with Crippen molar-refractivity contribution in [2.45, 2.75) is 19.1 Å². The maximum atomic E-state index is 11.8. The highest BCUT2D eigenvalue weighted by Gasteiger charge is 2.34. The van der Waals surface area contributed by atoms with E-state index in [1.807, 2.05) is 0 Å². The van der Waals surface area contributed by atoms with Gasteiger partial charge in [0.1, 0.15) is 24.0 Å². The van der Waals surface area contributed by atoms with Gasteiger partial charge >= 0.3 is 23.7 Å². The number of hydrogen-bond acceptors (Lipinski definition) is 8.